The van der Waals surface area contributed by atoms with E-state index in [9.17, 15) is 0 Å². The molecule has 2 aromatic heterocycles. The van der Waals surface area contributed by atoms with Crippen molar-refractivity contribution >= 4 is 10.9 Å². The van der Waals surface area contributed by atoms with Crippen LogP contribution in [-0.2, 0) is 20.5 Å². The monoisotopic (exact) mass is 269 g/mol. The van der Waals surface area contributed by atoms with Gasteiger partial charge in [0.1, 0.15) is 0 Å². The standard InChI is InChI=1S/C15H19N5/c1-16-13(10-11-8-9-19(2)17-11)15-12-6-4-5-7-14(12)20(3)18-15/h4-9,13,16H,10H2,1-3H3. The van der Waals surface area contributed by atoms with Crippen molar-refractivity contribution in [1.29, 1.82) is 0 Å². The van der Waals surface area contributed by atoms with E-state index in [1.54, 1.807) is 0 Å². The number of rotatable bonds is 4. The minimum atomic E-state index is 0.163. The number of aryl methyl sites for hydroxylation is 2. The first-order valence-electron chi connectivity index (χ1n) is 6.76. The normalized spacial score (nSPS) is 12.9. The Morgan fingerprint density at radius 2 is 1.95 bits per heavy atom. The largest absolute Gasteiger partial charge is 0.311 e. The topological polar surface area (TPSA) is 47.7 Å². The van der Waals surface area contributed by atoms with E-state index in [-0.39, 0.29) is 6.04 Å². The number of likely N-dealkylation sites (N-methyl/N-ethyl adjacent to an activating group) is 1. The molecule has 0 aliphatic carbocycles. The Morgan fingerprint density at radius 3 is 2.65 bits per heavy atom. The molecule has 0 saturated heterocycles. The molecular weight excluding hydrogens is 250 g/mol. The zero-order valence-electron chi connectivity index (χ0n) is 12.0. The molecule has 0 amide bonds. The lowest BCUT2D eigenvalue weighted by Crippen LogP contribution is -2.20. The zero-order chi connectivity index (χ0) is 14.1. The molecule has 0 aliphatic rings. The number of fused-ring (bicyclic) bond motifs is 1. The van der Waals surface area contributed by atoms with Gasteiger partial charge in [-0.15, -0.1) is 0 Å². The van der Waals surface area contributed by atoms with E-state index in [0.29, 0.717) is 0 Å². The second-order valence-corrected chi connectivity index (χ2v) is 5.05. The summed E-state index contributed by atoms with van der Waals surface area (Å²) in [5, 5.41) is 13.7. The maximum Gasteiger partial charge on any atom is 0.0876 e. The number of para-hydroxylation sites is 1. The Balaban J connectivity index is 1.99. The molecule has 0 spiro atoms. The summed E-state index contributed by atoms with van der Waals surface area (Å²) in [6.45, 7) is 0. The molecule has 0 saturated carbocycles. The van der Waals surface area contributed by atoms with E-state index in [1.165, 1.54) is 5.39 Å². The maximum atomic E-state index is 4.68. The average Bonchev–Trinajstić information content (AvgIpc) is 3.01. The first-order valence-corrected chi connectivity index (χ1v) is 6.76. The fraction of sp³-hybridized carbons (Fsp3) is 0.333. The minimum Gasteiger partial charge on any atom is -0.311 e. The van der Waals surface area contributed by atoms with Crippen molar-refractivity contribution in [3.05, 3.63) is 47.9 Å². The zero-order valence-corrected chi connectivity index (χ0v) is 12.0. The van der Waals surface area contributed by atoms with Gasteiger partial charge in [-0.1, -0.05) is 18.2 Å². The Hall–Kier alpha value is -2.14. The smallest absolute Gasteiger partial charge is 0.0876 e. The Labute approximate surface area is 118 Å². The van der Waals surface area contributed by atoms with Crippen molar-refractivity contribution in [1.82, 2.24) is 24.9 Å². The highest BCUT2D eigenvalue weighted by Gasteiger charge is 2.18. The third-order valence-electron chi connectivity index (χ3n) is 3.65. The third kappa shape index (κ3) is 2.20. The molecule has 2 heterocycles. The fourth-order valence-corrected chi connectivity index (χ4v) is 2.62. The Bertz CT molecular complexity index is 725. The van der Waals surface area contributed by atoms with Gasteiger partial charge >= 0.3 is 0 Å². The van der Waals surface area contributed by atoms with Gasteiger partial charge < -0.3 is 5.32 Å². The van der Waals surface area contributed by atoms with Gasteiger partial charge in [0.15, 0.2) is 0 Å². The van der Waals surface area contributed by atoms with Crippen LogP contribution in [0.1, 0.15) is 17.4 Å². The highest BCUT2D eigenvalue weighted by Crippen LogP contribution is 2.25. The van der Waals surface area contributed by atoms with Crippen molar-refractivity contribution in [2.75, 3.05) is 7.05 Å². The molecular formula is C15H19N5. The highest BCUT2D eigenvalue weighted by atomic mass is 15.3. The van der Waals surface area contributed by atoms with Crippen LogP contribution in [-0.4, -0.2) is 26.6 Å². The van der Waals surface area contributed by atoms with E-state index < -0.39 is 0 Å². The Kier molecular flexibility index (Phi) is 3.28. The van der Waals surface area contributed by atoms with Crippen molar-refractivity contribution < 1.29 is 0 Å². The van der Waals surface area contributed by atoms with Crippen LogP contribution in [0, 0.1) is 0 Å². The van der Waals surface area contributed by atoms with Crippen LogP contribution >= 0.6 is 0 Å². The fourth-order valence-electron chi connectivity index (χ4n) is 2.62. The summed E-state index contributed by atoms with van der Waals surface area (Å²) in [5.74, 6) is 0. The summed E-state index contributed by atoms with van der Waals surface area (Å²) in [6.07, 6.45) is 2.80. The first-order chi connectivity index (χ1) is 9.69. The number of hydrogen-bond donors (Lipinski definition) is 1. The van der Waals surface area contributed by atoms with E-state index in [4.69, 9.17) is 0 Å². The summed E-state index contributed by atoms with van der Waals surface area (Å²) in [5.41, 5.74) is 3.31. The molecule has 1 unspecified atom stereocenters. The van der Waals surface area contributed by atoms with Crippen LogP contribution in [0.15, 0.2) is 36.5 Å². The molecule has 1 N–H and O–H groups in total. The van der Waals surface area contributed by atoms with Crippen LogP contribution in [0.2, 0.25) is 0 Å². The van der Waals surface area contributed by atoms with Gasteiger partial charge in [-0.25, -0.2) is 0 Å². The first kappa shape index (κ1) is 12.9. The molecule has 1 aromatic carbocycles. The number of aromatic nitrogens is 4. The lowest BCUT2D eigenvalue weighted by atomic mass is 10.0. The van der Waals surface area contributed by atoms with Crippen LogP contribution in [0.3, 0.4) is 0 Å². The van der Waals surface area contributed by atoms with Crippen LogP contribution < -0.4 is 5.32 Å². The predicted octanol–water partition coefficient (Wildman–Crippen LogP) is 1.81. The summed E-state index contributed by atoms with van der Waals surface area (Å²) in [4.78, 5) is 0. The van der Waals surface area contributed by atoms with Crippen LogP contribution in [0.4, 0.5) is 0 Å². The summed E-state index contributed by atoms with van der Waals surface area (Å²) in [7, 11) is 5.89. The van der Waals surface area contributed by atoms with Crippen molar-refractivity contribution in [2.45, 2.75) is 12.5 Å². The van der Waals surface area contributed by atoms with Gasteiger partial charge in [0.25, 0.3) is 0 Å². The van der Waals surface area contributed by atoms with Gasteiger partial charge in [-0.3, -0.25) is 9.36 Å². The van der Waals surface area contributed by atoms with Gasteiger partial charge in [0.05, 0.1) is 22.9 Å². The molecule has 0 fully saturated rings. The van der Waals surface area contributed by atoms with E-state index in [0.717, 1.165) is 23.3 Å². The van der Waals surface area contributed by atoms with Crippen LogP contribution in [0.25, 0.3) is 10.9 Å². The molecule has 5 heteroatoms. The predicted molar refractivity (Wildman–Crippen MR) is 79.4 cm³/mol. The van der Waals surface area contributed by atoms with Gasteiger partial charge in [-0.05, 0) is 19.2 Å². The number of benzene rings is 1. The molecule has 0 radical (unpaired) electrons. The van der Waals surface area contributed by atoms with Crippen molar-refractivity contribution in [2.24, 2.45) is 14.1 Å². The average molecular weight is 269 g/mol. The quantitative estimate of drug-likeness (QED) is 0.786. The second kappa shape index (κ2) is 5.09. The minimum absolute atomic E-state index is 0.163. The molecule has 3 aromatic rings. The second-order valence-electron chi connectivity index (χ2n) is 5.05. The summed E-state index contributed by atoms with van der Waals surface area (Å²) < 4.78 is 3.77. The van der Waals surface area contributed by atoms with E-state index >= 15 is 0 Å². The lowest BCUT2D eigenvalue weighted by molar-refractivity contribution is 0.555. The summed E-state index contributed by atoms with van der Waals surface area (Å²) in [6, 6.07) is 10.5. The van der Waals surface area contributed by atoms with Crippen molar-refractivity contribution in [3.8, 4) is 0 Å². The number of nitrogens with one attached hydrogen (secondary N) is 1. The van der Waals surface area contributed by atoms with E-state index in [2.05, 4.69) is 39.8 Å². The summed E-state index contributed by atoms with van der Waals surface area (Å²) >= 11 is 0. The molecule has 20 heavy (non-hydrogen) atoms. The van der Waals surface area contributed by atoms with Gasteiger partial charge in [0.2, 0.25) is 0 Å². The number of hydrogen-bond acceptors (Lipinski definition) is 3. The maximum absolute atomic E-state index is 4.68. The number of nitrogens with zero attached hydrogens (tertiary/aromatic N) is 4. The molecule has 0 bridgehead atoms. The molecule has 104 valence electrons. The molecule has 5 nitrogen and oxygen atoms in total. The molecule has 0 aliphatic heterocycles. The van der Waals surface area contributed by atoms with Crippen LogP contribution in [0.5, 0.6) is 0 Å². The van der Waals surface area contributed by atoms with E-state index in [1.807, 2.05) is 42.8 Å². The lowest BCUT2D eigenvalue weighted by Gasteiger charge is -2.12. The van der Waals surface area contributed by atoms with Gasteiger partial charge in [0, 0.05) is 32.1 Å². The molecule has 3 rings (SSSR count). The SMILES string of the molecule is CNC(Cc1ccn(C)n1)c1nn(C)c2ccccc12. The highest BCUT2D eigenvalue weighted by molar-refractivity contribution is 5.82. The molecule has 1 atom stereocenters. The van der Waals surface area contributed by atoms with Crippen molar-refractivity contribution in [3.63, 3.8) is 0 Å². The Morgan fingerprint density at radius 1 is 1.15 bits per heavy atom. The van der Waals surface area contributed by atoms with Gasteiger partial charge in [-0.2, -0.15) is 10.2 Å². The third-order valence-corrected chi connectivity index (χ3v) is 3.65.